The zero-order valence-electron chi connectivity index (χ0n) is 14.9. The fraction of sp³-hybridized carbons (Fsp3) is 0.130. The van der Waals surface area contributed by atoms with Crippen LogP contribution < -0.4 is 10.4 Å². The smallest absolute Gasteiger partial charge is 0.206 e. The summed E-state index contributed by atoms with van der Waals surface area (Å²) < 4.78 is 14.3. The highest BCUT2D eigenvalue weighted by molar-refractivity contribution is 7.80. The Morgan fingerprint density at radius 3 is 2.00 bits per heavy atom. The fourth-order valence-electron chi connectivity index (χ4n) is 3.62. The first kappa shape index (κ1) is 17.0. The largest absolute Gasteiger partial charge is 0.296 e. The van der Waals surface area contributed by atoms with Crippen molar-refractivity contribution >= 4 is 23.5 Å². The molecule has 0 saturated heterocycles. The van der Waals surface area contributed by atoms with Crippen molar-refractivity contribution in [1.82, 2.24) is 5.09 Å². The van der Waals surface area contributed by atoms with Gasteiger partial charge in [0.1, 0.15) is 0 Å². The van der Waals surface area contributed by atoms with E-state index in [-0.39, 0.29) is 0 Å². The highest BCUT2D eigenvalue weighted by Gasteiger charge is 2.41. The van der Waals surface area contributed by atoms with Crippen LogP contribution in [0.5, 0.6) is 0 Å². The molecule has 0 amide bonds. The van der Waals surface area contributed by atoms with Gasteiger partial charge in [-0.15, -0.1) is 0 Å². The molecule has 2 nitrogen and oxygen atoms in total. The van der Waals surface area contributed by atoms with E-state index in [1.54, 1.807) is 0 Å². The van der Waals surface area contributed by atoms with Crippen LogP contribution in [0.1, 0.15) is 30.0 Å². The summed E-state index contributed by atoms with van der Waals surface area (Å²) in [6.07, 6.45) is 0.939. The first-order chi connectivity index (χ1) is 12.8. The molecular weight excluding hydrogens is 337 g/mol. The molecule has 0 radical (unpaired) electrons. The van der Waals surface area contributed by atoms with Gasteiger partial charge in [0.25, 0.3) is 0 Å². The maximum Gasteiger partial charge on any atom is 0.206 e. The topological polar surface area (TPSA) is 29.1 Å². The Kier molecular flexibility index (Phi) is 4.63. The van der Waals surface area contributed by atoms with Crippen LogP contribution in [0.15, 0.2) is 84.9 Å². The molecule has 0 spiro atoms. The molecule has 3 aromatic rings. The van der Waals surface area contributed by atoms with E-state index in [1.807, 2.05) is 54.6 Å². The summed E-state index contributed by atoms with van der Waals surface area (Å²) in [5, 5.41) is 5.26. The first-order valence-corrected chi connectivity index (χ1v) is 10.8. The van der Waals surface area contributed by atoms with Gasteiger partial charge >= 0.3 is 0 Å². The van der Waals surface area contributed by atoms with Gasteiger partial charge in [0.15, 0.2) is 0 Å². The maximum atomic E-state index is 14.3. The predicted octanol–water partition coefficient (Wildman–Crippen LogP) is 5.52. The van der Waals surface area contributed by atoms with Crippen molar-refractivity contribution in [3.05, 3.63) is 102 Å². The molecule has 0 bridgehead atoms. The molecular formula is C23H22NOP. The van der Waals surface area contributed by atoms with Crippen LogP contribution in [0.3, 0.4) is 0 Å². The summed E-state index contributed by atoms with van der Waals surface area (Å²) in [6, 6.07) is 28.6. The summed E-state index contributed by atoms with van der Waals surface area (Å²) in [7, 11) is -2.90. The number of rotatable bonds is 5. The molecule has 1 heterocycles. The van der Waals surface area contributed by atoms with Crippen molar-refractivity contribution in [1.29, 1.82) is 0 Å². The Hall–Kier alpha value is -2.41. The minimum atomic E-state index is -2.90. The molecule has 1 aliphatic heterocycles. The standard InChI is InChI=1S/C23H22NOP/c1-2-17-24-26(25)21-16-10-9-15-20(21)22(18-11-5-3-6-12-18)23(26)19-13-7-4-8-14-19/h3-16H,2,17H2,1H3,(H,24,25). The molecule has 130 valence electrons. The van der Waals surface area contributed by atoms with Crippen molar-refractivity contribution in [2.24, 2.45) is 0 Å². The third kappa shape index (κ3) is 2.76. The fourth-order valence-corrected chi connectivity index (χ4v) is 6.62. The van der Waals surface area contributed by atoms with Gasteiger partial charge < -0.3 is 0 Å². The Labute approximate surface area is 155 Å². The Bertz CT molecular complexity index is 993. The zero-order valence-corrected chi connectivity index (χ0v) is 15.7. The van der Waals surface area contributed by atoms with Gasteiger partial charge in [0.05, 0.1) is 0 Å². The van der Waals surface area contributed by atoms with Gasteiger partial charge in [-0.1, -0.05) is 85.8 Å². The van der Waals surface area contributed by atoms with E-state index in [2.05, 4.69) is 42.3 Å². The van der Waals surface area contributed by atoms with E-state index < -0.39 is 7.29 Å². The second kappa shape index (κ2) is 7.07. The van der Waals surface area contributed by atoms with E-state index >= 15 is 0 Å². The molecule has 1 atom stereocenters. The van der Waals surface area contributed by atoms with Crippen LogP contribution in [0.25, 0.3) is 10.9 Å². The van der Waals surface area contributed by atoms with Crippen molar-refractivity contribution < 1.29 is 4.57 Å². The predicted molar refractivity (Wildman–Crippen MR) is 111 cm³/mol. The van der Waals surface area contributed by atoms with Crippen LogP contribution in [-0.4, -0.2) is 6.54 Å². The lowest BCUT2D eigenvalue weighted by Crippen LogP contribution is -2.19. The monoisotopic (exact) mass is 359 g/mol. The van der Waals surface area contributed by atoms with Crippen LogP contribution >= 0.6 is 7.29 Å². The van der Waals surface area contributed by atoms with Gasteiger partial charge in [-0.3, -0.25) is 9.65 Å². The molecule has 1 unspecified atom stereocenters. The minimum absolute atomic E-state index is 0.726. The summed E-state index contributed by atoms with van der Waals surface area (Å²) in [5.41, 5.74) is 4.29. The molecule has 1 aliphatic rings. The lowest BCUT2D eigenvalue weighted by molar-refractivity contribution is 0.578. The zero-order chi connectivity index (χ0) is 18.0. The number of nitrogens with one attached hydrogen (secondary N) is 1. The number of fused-ring (bicyclic) bond motifs is 1. The molecule has 4 rings (SSSR count). The summed E-state index contributed by atoms with van der Waals surface area (Å²) in [4.78, 5) is 0. The normalized spacial score (nSPS) is 18.8. The lowest BCUT2D eigenvalue weighted by Gasteiger charge is -2.20. The second-order valence-electron chi connectivity index (χ2n) is 6.49. The summed E-state index contributed by atoms with van der Waals surface area (Å²) >= 11 is 0. The molecule has 1 N–H and O–H groups in total. The second-order valence-corrected chi connectivity index (χ2v) is 8.95. The Balaban J connectivity index is 2.06. The van der Waals surface area contributed by atoms with E-state index in [0.717, 1.165) is 45.8 Å². The minimum Gasteiger partial charge on any atom is -0.296 e. The number of hydrogen-bond acceptors (Lipinski definition) is 1. The lowest BCUT2D eigenvalue weighted by atomic mass is 9.96. The van der Waals surface area contributed by atoms with Crippen LogP contribution in [0, 0.1) is 0 Å². The molecule has 0 fully saturated rings. The maximum absolute atomic E-state index is 14.3. The van der Waals surface area contributed by atoms with Crippen molar-refractivity contribution in [2.75, 3.05) is 6.54 Å². The third-order valence-electron chi connectivity index (χ3n) is 4.76. The van der Waals surface area contributed by atoms with E-state index in [1.165, 1.54) is 0 Å². The SMILES string of the molecule is CCCNP1(=O)C(c2ccccc2)=C(c2ccccc2)c2ccccc21. The molecule has 0 saturated carbocycles. The Morgan fingerprint density at radius 1 is 0.769 bits per heavy atom. The molecule has 0 aliphatic carbocycles. The molecule has 3 heteroatoms. The number of benzene rings is 3. The summed E-state index contributed by atoms with van der Waals surface area (Å²) in [5.74, 6) is 0. The van der Waals surface area contributed by atoms with Crippen LogP contribution in [0.4, 0.5) is 0 Å². The van der Waals surface area contributed by atoms with Crippen molar-refractivity contribution in [3.63, 3.8) is 0 Å². The highest BCUT2D eigenvalue weighted by Crippen LogP contribution is 2.63. The highest BCUT2D eigenvalue weighted by atomic mass is 31.2. The Morgan fingerprint density at radius 2 is 1.35 bits per heavy atom. The van der Waals surface area contributed by atoms with E-state index in [4.69, 9.17) is 0 Å². The third-order valence-corrected chi connectivity index (χ3v) is 7.61. The summed E-state index contributed by atoms with van der Waals surface area (Å²) in [6.45, 7) is 2.83. The van der Waals surface area contributed by atoms with E-state index in [9.17, 15) is 4.57 Å². The average Bonchev–Trinajstić information content (AvgIpc) is 2.97. The molecule has 26 heavy (non-hydrogen) atoms. The molecule has 3 aromatic carbocycles. The van der Waals surface area contributed by atoms with Gasteiger partial charge in [0.2, 0.25) is 7.29 Å². The van der Waals surface area contributed by atoms with Crippen molar-refractivity contribution in [3.8, 4) is 0 Å². The van der Waals surface area contributed by atoms with Crippen LogP contribution in [0.2, 0.25) is 0 Å². The van der Waals surface area contributed by atoms with Gasteiger partial charge in [-0.05, 0) is 29.2 Å². The van der Waals surface area contributed by atoms with Gasteiger partial charge in [0, 0.05) is 22.7 Å². The quantitative estimate of drug-likeness (QED) is 0.608. The van der Waals surface area contributed by atoms with Crippen molar-refractivity contribution in [2.45, 2.75) is 13.3 Å². The van der Waals surface area contributed by atoms with Gasteiger partial charge in [-0.2, -0.15) is 0 Å². The first-order valence-electron chi connectivity index (χ1n) is 9.06. The van der Waals surface area contributed by atoms with Crippen LogP contribution in [-0.2, 0) is 4.57 Å². The van der Waals surface area contributed by atoms with Gasteiger partial charge in [-0.25, -0.2) is 0 Å². The van der Waals surface area contributed by atoms with E-state index in [0.29, 0.717) is 0 Å². The number of hydrogen-bond donors (Lipinski definition) is 1. The average molecular weight is 359 g/mol. The molecule has 0 aromatic heterocycles.